The molecule has 1 heterocycles. The monoisotopic (exact) mass is 277 g/mol. The maximum atomic E-state index is 9.30. The molecule has 1 aromatic carbocycles. The molecular weight excluding hydrogens is 266 g/mol. The van der Waals surface area contributed by atoms with E-state index in [2.05, 4.69) is 20.9 Å². The third-order valence-corrected chi connectivity index (χ3v) is 2.89. The van der Waals surface area contributed by atoms with Crippen molar-refractivity contribution in [3.8, 4) is 11.1 Å². The van der Waals surface area contributed by atoms with E-state index in [0.717, 1.165) is 27.0 Å². The smallest absolute Gasteiger partial charge is 0.0859 e. The molecule has 0 aliphatic rings. The zero-order valence-electron chi connectivity index (χ0n) is 8.94. The second-order valence-electron chi connectivity index (χ2n) is 3.62. The predicted molar refractivity (Wildman–Crippen MR) is 68.0 cm³/mol. The van der Waals surface area contributed by atoms with Crippen molar-refractivity contribution in [3.63, 3.8) is 0 Å². The number of aromatic nitrogens is 1. The summed E-state index contributed by atoms with van der Waals surface area (Å²) in [5.74, 6) is 0. The Hall–Kier alpha value is -1.19. The predicted octanol–water partition coefficient (Wildman–Crippen LogP) is 3.31. The fourth-order valence-electron chi connectivity index (χ4n) is 1.65. The Labute approximate surface area is 103 Å². The van der Waals surface area contributed by atoms with E-state index in [1.54, 1.807) is 0 Å². The largest absolute Gasteiger partial charge is 0.390 e. The van der Waals surface area contributed by atoms with Crippen LogP contribution in [0.4, 0.5) is 0 Å². The van der Waals surface area contributed by atoms with Crippen LogP contribution in [0.25, 0.3) is 11.1 Å². The van der Waals surface area contributed by atoms with E-state index in [0.29, 0.717) is 0 Å². The number of aryl methyl sites for hydroxylation is 1. The molecule has 3 heteroatoms. The average Bonchev–Trinajstić information content (AvgIpc) is 2.28. The van der Waals surface area contributed by atoms with E-state index in [1.165, 1.54) is 0 Å². The lowest BCUT2D eigenvalue weighted by Gasteiger charge is -2.08. The molecule has 0 aliphatic carbocycles. The highest BCUT2D eigenvalue weighted by molar-refractivity contribution is 9.10. The number of pyridine rings is 1. The standard InChI is InChI=1S/C13H12BrNO/c1-9-5-6-12(13(8-16)15-9)10-3-2-4-11(14)7-10/h2-7,16H,8H2,1H3. The maximum Gasteiger partial charge on any atom is 0.0859 e. The van der Waals surface area contributed by atoms with E-state index in [-0.39, 0.29) is 6.61 Å². The van der Waals surface area contributed by atoms with Crippen molar-refractivity contribution in [2.24, 2.45) is 0 Å². The van der Waals surface area contributed by atoms with Crippen LogP contribution in [0, 0.1) is 6.92 Å². The summed E-state index contributed by atoms with van der Waals surface area (Å²) in [7, 11) is 0. The molecule has 0 saturated carbocycles. The molecule has 2 aromatic rings. The molecule has 0 saturated heterocycles. The molecule has 1 N–H and O–H groups in total. The SMILES string of the molecule is Cc1ccc(-c2cccc(Br)c2)c(CO)n1. The van der Waals surface area contributed by atoms with Gasteiger partial charge in [0.2, 0.25) is 0 Å². The first kappa shape index (κ1) is 11.3. The number of rotatable bonds is 2. The molecule has 0 radical (unpaired) electrons. The zero-order chi connectivity index (χ0) is 11.5. The molecule has 0 amide bonds. The van der Waals surface area contributed by atoms with Gasteiger partial charge >= 0.3 is 0 Å². The van der Waals surface area contributed by atoms with Gasteiger partial charge in [0.1, 0.15) is 0 Å². The Kier molecular flexibility index (Phi) is 3.36. The first-order chi connectivity index (χ1) is 7.70. The average molecular weight is 278 g/mol. The van der Waals surface area contributed by atoms with Crippen LogP contribution in [0.15, 0.2) is 40.9 Å². The van der Waals surface area contributed by atoms with Gasteiger partial charge in [-0.25, -0.2) is 0 Å². The fraction of sp³-hybridized carbons (Fsp3) is 0.154. The minimum absolute atomic E-state index is 0.0382. The second kappa shape index (κ2) is 4.76. The fourth-order valence-corrected chi connectivity index (χ4v) is 2.05. The number of hydrogen-bond acceptors (Lipinski definition) is 2. The Morgan fingerprint density at radius 3 is 2.75 bits per heavy atom. The van der Waals surface area contributed by atoms with E-state index < -0.39 is 0 Å². The molecular formula is C13H12BrNO. The summed E-state index contributed by atoms with van der Waals surface area (Å²) in [6, 6.07) is 11.9. The zero-order valence-corrected chi connectivity index (χ0v) is 10.5. The number of hydrogen-bond donors (Lipinski definition) is 1. The molecule has 1 aromatic heterocycles. The van der Waals surface area contributed by atoms with Crippen LogP contribution < -0.4 is 0 Å². The number of benzene rings is 1. The van der Waals surface area contributed by atoms with Gasteiger partial charge in [0.05, 0.1) is 12.3 Å². The van der Waals surface area contributed by atoms with Crippen molar-refractivity contribution in [1.82, 2.24) is 4.98 Å². The Balaban J connectivity index is 2.55. The molecule has 0 fully saturated rings. The van der Waals surface area contributed by atoms with Crippen LogP contribution in [-0.2, 0) is 6.61 Å². The van der Waals surface area contributed by atoms with Crippen LogP contribution in [0.2, 0.25) is 0 Å². The summed E-state index contributed by atoms with van der Waals surface area (Å²) in [4.78, 5) is 4.33. The highest BCUT2D eigenvalue weighted by Gasteiger charge is 2.06. The minimum Gasteiger partial charge on any atom is -0.390 e. The van der Waals surface area contributed by atoms with Crippen molar-refractivity contribution in [2.75, 3.05) is 0 Å². The van der Waals surface area contributed by atoms with Gasteiger partial charge in [-0.15, -0.1) is 0 Å². The lowest BCUT2D eigenvalue weighted by molar-refractivity contribution is 0.277. The van der Waals surface area contributed by atoms with Crippen molar-refractivity contribution in [1.29, 1.82) is 0 Å². The Morgan fingerprint density at radius 1 is 1.25 bits per heavy atom. The summed E-state index contributed by atoms with van der Waals surface area (Å²) in [6.45, 7) is 1.88. The molecule has 0 aliphatic heterocycles. The van der Waals surface area contributed by atoms with Crippen LogP contribution >= 0.6 is 15.9 Å². The van der Waals surface area contributed by atoms with E-state index in [1.807, 2.05) is 43.3 Å². The second-order valence-corrected chi connectivity index (χ2v) is 4.53. The first-order valence-electron chi connectivity index (χ1n) is 5.04. The van der Waals surface area contributed by atoms with Crippen LogP contribution in [-0.4, -0.2) is 10.1 Å². The summed E-state index contributed by atoms with van der Waals surface area (Å²) < 4.78 is 1.02. The van der Waals surface area contributed by atoms with E-state index in [4.69, 9.17) is 0 Å². The summed E-state index contributed by atoms with van der Waals surface area (Å²) in [5.41, 5.74) is 3.68. The van der Waals surface area contributed by atoms with Gasteiger partial charge in [0, 0.05) is 15.7 Å². The summed E-state index contributed by atoms with van der Waals surface area (Å²) in [6.07, 6.45) is 0. The third-order valence-electron chi connectivity index (χ3n) is 2.40. The third kappa shape index (κ3) is 2.31. The van der Waals surface area contributed by atoms with Crippen molar-refractivity contribution < 1.29 is 5.11 Å². The van der Waals surface area contributed by atoms with Crippen molar-refractivity contribution in [3.05, 3.63) is 52.3 Å². The van der Waals surface area contributed by atoms with Crippen molar-refractivity contribution >= 4 is 15.9 Å². The van der Waals surface area contributed by atoms with Gasteiger partial charge in [-0.2, -0.15) is 0 Å². The van der Waals surface area contributed by atoms with Gasteiger partial charge < -0.3 is 5.11 Å². The molecule has 82 valence electrons. The van der Waals surface area contributed by atoms with Gasteiger partial charge in [0.15, 0.2) is 0 Å². The number of halogens is 1. The van der Waals surface area contributed by atoms with E-state index in [9.17, 15) is 5.11 Å². The van der Waals surface area contributed by atoms with Gasteiger partial charge in [-0.05, 0) is 30.7 Å². The highest BCUT2D eigenvalue weighted by atomic mass is 79.9. The molecule has 0 spiro atoms. The molecule has 2 nitrogen and oxygen atoms in total. The van der Waals surface area contributed by atoms with Gasteiger partial charge in [-0.3, -0.25) is 4.98 Å². The molecule has 0 atom stereocenters. The summed E-state index contributed by atoms with van der Waals surface area (Å²) >= 11 is 3.44. The lowest BCUT2D eigenvalue weighted by Crippen LogP contribution is -1.95. The summed E-state index contributed by atoms with van der Waals surface area (Å²) in [5, 5.41) is 9.30. The van der Waals surface area contributed by atoms with Crippen LogP contribution in [0.3, 0.4) is 0 Å². The molecule has 2 rings (SSSR count). The van der Waals surface area contributed by atoms with Crippen LogP contribution in [0.5, 0.6) is 0 Å². The van der Waals surface area contributed by atoms with Crippen LogP contribution in [0.1, 0.15) is 11.4 Å². The molecule has 0 bridgehead atoms. The normalized spacial score (nSPS) is 10.4. The van der Waals surface area contributed by atoms with E-state index >= 15 is 0 Å². The molecule has 16 heavy (non-hydrogen) atoms. The molecule has 0 unspecified atom stereocenters. The first-order valence-corrected chi connectivity index (χ1v) is 5.83. The number of nitrogens with zero attached hydrogens (tertiary/aromatic N) is 1. The topological polar surface area (TPSA) is 33.1 Å². The minimum atomic E-state index is -0.0382. The Bertz CT molecular complexity index is 511. The van der Waals surface area contributed by atoms with Gasteiger partial charge in [-0.1, -0.05) is 34.1 Å². The lowest BCUT2D eigenvalue weighted by atomic mass is 10.0. The highest BCUT2D eigenvalue weighted by Crippen LogP contribution is 2.25. The quantitative estimate of drug-likeness (QED) is 0.914. The Morgan fingerprint density at radius 2 is 2.06 bits per heavy atom. The van der Waals surface area contributed by atoms with Gasteiger partial charge in [0.25, 0.3) is 0 Å². The van der Waals surface area contributed by atoms with Crippen molar-refractivity contribution in [2.45, 2.75) is 13.5 Å². The number of aliphatic hydroxyl groups excluding tert-OH is 1. The maximum absolute atomic E-state index is 9.30. The number of aliphatic hydroxyl groups is 1.